The van der Waals surface area contributed by atoms with Gasteiger partial charge in [0.05, 0.1) is 20.8 Å². The topological polar surface area (TPSA) is 42.0 Å². The Balaban J connectivity index is 1.70. The number of benzene rings is 2. The van der Waals surface area contributed by atoms with Gasteiger partial charge in [0.15, 0.2) is 11.5 Å². The van der Waals surface area contributed by atoms with Gasteiger partial charge in [-0.3, -0.25) is 9.69 Å². The molecule has 3 rings (SSSR count). The van der Waals surface area contributed by atoms with E-state index >= 15 is 0 Å². The summed E-state index contributed by atoms with van der Waals surface area (Å²) in [4.78, 5) is 16.7. The Hall–Kier alpha value is -2.86. The Morgan fingerprint density at radius 1 is 1.21 bits per heavy atom. The molecule has 0 saturated heterocycles. The predicted molar refractivity (Wildman–Crippen MR) is 111 cm³/mol. The summed E-state index contributed by atoms with van der Waals surface area (Å²) in [7, 11) is 3.22. The highest BCUT2D eigenvalue weighted by Gasteiger charge is 2.24. The first-order valence-corrected chi connectivity index (χ1v) is 9.64. The average molecular weight is 398 g/mol. The van der Waals surface area contributed by atoms with Crippen molar-refractivity contribution in [2.45, 2.75) is 19.5 Å². The normalized spacial score (nSPS) is 13.2. The maximum absolute atomic E-state index is 14.0. The number of hydrogen-bond donors (Lipinski definition) is 0. The fourth-order valence-corrected chi connectivity index (χ4v) is 3.62. The van der Waals surface area contributed by atoms with Gasteiger partial charge >= 0.3 is 0 Å². The van der Waals surface area contributed by atoms with Gasteiger partial charge in [0.25, 0.3) is 0 Å². The molecule has 0 unspecified atom stereocenters. The van der Waals surface area contributed by atoms with Crippen molar-refractivity contribution in [1.82, 2.24) is 9.80 Å². The molecule has 1 heterocycles. The van der Waals surface area contributed by atoms with Crippen molar-refractivity contribution >= 4 is 5.91 Å². The molecule has 5 nitrogen and oxygen atoms in total. The van der Waals surface area contributed by atoms with Gasteiger partial charge in [-0.1, -0.05) is 24.3 Å². The SMILES string of the molecule is C=CCN(CC(=O)N1CCc2cc(OC)c(OC)cc2C1)Cc1ccccc1F. The van der Waals surface area contributed by atoms with Gasteiger partial charge < -0.3 is 14.4 Å². The molecule has 29 heavy (non-hydrogen) atoms. The number of nitrogens with zero attached hydrogens (tertiary/aromatic N) is 2. The molecule has 0 bridgehead atoms. The summed E-state index contributed by atoms with van der Waals surface area (Å²) in [5.74, 6) is 1.12. The lowest BCUT2D eigenvalue weighted by molar-refractivity contribution is -0.133. The zero-order chi connectivity index (χ0) is 20.8. The van der Waals surface area contributed by atoms with E-state index in [9.17, 15) is 9.18 Å². The standard InChI is InChI=1S/C23H27FN2O3/c1-4-10-25(14-18-7-5-6-8-20(18)24)16-23(27)26-11-9-17-12-21(28-2)22(29-3)13-19(17)15-26/h4-8,12-13H,1,9-11,14-16H2,2-3H3. The van der Waals surface area contributed by atoms with E-state index in [-0.39, 0.29) is 18.3 Å². The van der Waals surface area contributed by atoms with Crippen molar-refractivity contribution in [1.29, 1.82) is 0 Å². The number of ether oxygens (including phenoxy) is 2. The van der Waals surface area contributed by atoms with Crippen molar-refractivity contribution in [3.8, 4) is 11.5 Å². The number of methoxy groups -OCH3 is 2. The summed E-state index contributed by atoms with van der Waals surface area (Å²) in [5, 5.41) is 0. The predicted octanol–water partition coefficient (Wildman–Crippen LogP) is 3.42. The molecule has 0 aliphatic carbocycles. The van der Waals surface area contributed by atoms with Crippen LogP contribution in [0.2, 0.25) is 0 Å². The molecule has 6 heteroatoms. The van der Waals surface area contributed by atoms with E-state index in [0.29, 0.717) is 43.2 Å². The third-order valence-corrected chi connectivity index (χ3v) is 5.17. The second kappa shape index (κ2) is 9.56. The smallest absolute Gasteiger partial charge is 0.237 e. The van der Waals surface area contributed by atoms with E-state index in [1.165, 1.54) is 11.6 Å². The van der Waals surface area contributed by atoms with E-state index in [4.69, 9.17) is 9.47 Å². The summed E-state index contributed by atoms with van der Waals surface area (Å²) in [6, 6.07) is 10.6. The molecule has 0 spiro atoms. The Bertz CT molecular complexity index is 884. The lowest BCUT2D eigenvalue weighted by Gasteiger charge is -2.31. The maximum Gasteiger partial charge on any atom is 0.237 e. The lowest BCUT2D eigenvalue weighted by atomic mass is 9.98. The fraction of sp³-hybridized carbons (Fsp3) is 0.348. The van der Waals surface area contributed by atoms with Gasteiger partial charge in [0, 0.05) is 31.7 Å². The first-order chi connectivity index (χ1) is 14.0. The number of carbonyl (C=O) groups excluding carboxylic acids is 1. The summed E-state index contributed by atoms with van der Waals surface area (Å²) in [6.07, 6.45) is 2.49. The van der Waals surface area contributed by atoms with E-state index in [1.807, 2.05) is 21.9 Å². The summed E-state index contributed by atoms with van der Waals surface area (Å²) in [6.45, 7) is 6.01. The van der Waals surface area contributed by atoms with Crippen LogP contribution in [-0.2, 0) is 24.3 Å². The van der Waals surface area contributed by atoms with Crippen LogP contribution in [0.4, 0.5) is 4.39 Å². The van der Waals surface area contributed by atoms with Gasteiger partial charge in [0.2, 0.25) is 5.91 Å². The van der Waals surface area contributed by atoms with Crippen LogP contribution < -0.4 is 9.47 Å². The second-order valence-corrected chi connectivity index (χ2v) is 7.09. The Kier molecular flexibility index (Phi) is 6.88. The van der Waals surface area contributed by atoms with Crippen LogP contribution in [0, 0.1) is 5.82 Å². The Morgan fingerprint density at radius 2 is 1.90 bits per heavy atom. The Labute approximate surface area is 171 Å². The quantitative estimate of drug-likeness (QED) is 0.639. The van der Waals surface area contributed by atoms with Gasteiger partial charge in [-0.2, -0.15) is 0 Å². The number of hydrogen-bond acceptors (Lipinski definition) is 4. The third-order valence-electron chi connectivity index (χ3n) is 5.17. The zero-order valence-corrected chi connectivity index (χ0v) is 17.0. The van der Waals surface area contributed by atoms with Gasteiger partial charge in [-0.15, -0.1) is 6.58 Å². The molecule has 154 valence electrons. The minimum Gasteiger partial charge on any atom is -0.493 e. The lowest BCUT2D eigenvalue weighted by Crippen LogP contribution is -2.42. The Morgan fingerprint density at radius 3 is 2.55 bits per heavy atom. The first kappa shape index (κ1) is 20.9. The number of fused-ring (bicyclic) bond motifs is 1. The van der Waals surface area contributed by atoms with E-state index in [0.717, 1.165) is 12.0 Å². The van der Waals surface area contributed by atoms with Crippen LogP contribution in [0.5, 0.6) is 11.5 Å². The van der Waals surface area contributed by atoms with Crippen LogP contribution in [0.3, 0.4) is 0 Å². The molecule has 2 aromatic carbocycles. The molecule has 1 aliphatic rings. The summed E-state index contributed by atoms with van der Waals surface area (Å²) < 4.78 is 24.8. The number of amides is 1. The van der Waals surface area contributed by atoms with Gasteiger partial charge in [-0.25, -0.2) is 4.39 Å². The molecular weight excluding hydrogens is 371 g/mol. The summed E-state index contributed by atoms with van der Waals surface area (Å²) >= 11 is 0. The highest BCUT2D eigenvalue weighted by molar-refractivity contribution is 5.78. The molecule has 0 aromatic heterocycles. The minimum atomic E-state index is -0.262. The molecule has 0 fully saturated rings. The molecule has 1 aliphatic heterocycles. The maximum atomic E-state index is 14.0. The van der Waals surface area contributed by atoms with E-state index in [1.54, 1.807) is 38.5 Å². The molecule has 2 aromatic rings. The van der Waals surface area contributed by atoms with Crippen molar-refractivity contribution in [3.05, 3.63) is 71.6 Å². The van der Waals surface area contributed by atoms with Crippen molar-refractivity contribution < 1.29 is 18.7 Å². The van der Waals surface area contributed by atoms with Crippen LogP contribution in [0.15, 0.2) is 49.1 Å². The van der Waals surface area contributed by atoms with Gasteiger partial charge in [-0.05, 0) is 35.7 Å². The van der Waals surface area contributed by atoms with Crippen LogP contribution in [-0.4, -0.2) is 49.6 Å². The average Bonchev–Trinajstić information content (AvgIpc) is 2.74. The zero-order valence-electron chi connectivity index (χ0n) is 17.0. The highest BCUT2D eigenvalue weighted by atomic mass is 19.1. The number of rotatable bonds is 8. The summed E-state index contributed by atoms with van der Waals surface area (Å²) in [5.41, 5.74) is 2.80. The first-order valence-electron chi connectivity index (χ1n) is 9.64. The highest BCUT2D eigenvalue weighted by Crippen LogP contribution is 2.33. The fourth-order valence-electron chi connectivity index (χ4n) is 3.62. The number of halogens is 1. The number of carbonyl (C=O) groups is 1. The molecule has 1 amide bonds. The monoisotopic (exact) mass is 398 g/mol. The largest absolute Gasteiger partial charge is 0.493 e. The molecule has 0 radical (unpaired) electrons. The van der Waals surface area contributed by atoms with Crippen LogP contribution >= 0.6 is 0 Å². The van der Waals surface area contributed by atoms with Crippen molar-refractivity contribution in [2.24, 2.45) is 0 Å². The van der Waals surface area contributed by atoms with E-state index < -0.39 is 0 Å². The van der Waals surface area contributed by atoms with Crippen molar-refractivity contribution in [3.63, 3.8) is 0 Å². The van der Waals surface area contributed by atoms with Crippen molar-refractivity contribution in [2.75, 3.05) is 33.9 Å². The van der Waals surface area contributed by atoms with Crippen LogP contribution in [0.25, 0.3) is 0 Å². The molecule has 0 N–H and O–H groups in total. The molecular formula is C23H27FN2O3. The van der Waals surface area contributed by atoms with E-state index in [2.05, 4.69) is 6.58 Å². The van der Waals surface area contributed by atoms with Gasteiger partial charge in [0.1, 0.15) is 5.82 Å². The molecule has 0 atom stereocenters. The minimum absolute atomic E-state index is 0.0172. The molecule has 0 saturated carbocycles. The second-order valence-electron chi connectivity index (χ2n) is 7.09. The van der Waals surface area contributed by atoms with Crippen LogP contribution in [0.1, 0.15) is 16.7 Å². The third kappa shape index (κ3) is 4.95.